The van der Waals surface area contributed by atoms with Gasteiger partial charge >= 0.3 is 0 Å². The Kier molecular flexibility index (Phi) is 8.42. The third-order valence-electron chi connectivity index (χ3n) is 9.27. The Labute approximate surface area is 247 Å². The number of hydrogen-bond acceptors (Lipinski definition) is 5. The van der Waals surface area contributed by atoms with Gasteiger partial charge < -0.3 is 19.6 Å². The molecule has 0 spiro atoms. The fourth-order valence-electron chi connectivity index (χ4n) is 6.82. The standard InChI is InChI=1S/C35H40N2O3S/c1-40-30-13-11-26(12-14-30)6-5-16-35(39)17-19-36(20-18-35)22-29-23-37(24-33(29)28-15-21-41-25-28)34(38)32-10-4-8-27-7-2-3-9-31(27)32/h2-4,7-15,21,25,29,33,39H,5-6,16-20,22-24H2,1H3. The molecule has 4 aromatic rings. The molecule has 0 bridgehead atoms. The second kappa shape index (κ2) is 12.4. The van der Waals surface area contributed by atoms with Crippen LogP contribution in [0.1, 0.15) is 53.1 Å². The van der Waals surface area contributed by atoms with Gasteiger partial charge in [0.25, 0.3) is 5.91 Å². The number of hydrogen-bond donors (Lipinski definition) is 1. The van der Waals surface area contributed by atoms with E-state index in [9.17, 15) is 9.90 Å². The molecule has 1 amide bonds. The lowest BCUT2D eigenvalue weighted by Gasteiger charge is -2.39. The smallest absolute Gasteiger partial charge is 0.254 e. The summed E-state index contributed by atoms with van der Waals surface area (Å²) in [6.07, 6.45) is 4.41. The quantitative estimate of drug-likeness (QED) is 0.247. The number of rotatable bonds is 9. The molecule has 2 fully saturated rings. The summed E-state index contributed by atoms with van der Waals surface area (Å²) in [4.78, 5) is 18.4. The van der Waals surface area contributed by atoms with Crippen molar-refractivity contribution in [3.63, 3.8) is 0 Å². The van der Waals surface area contributed by atoms with E-state index in [0.29, 0.717) is 11.8 Å². The van der Waals surface area contributed by atoms with Gasteiger partial charge in [-0.2, -0.15) is 11.3 Å². The third kappa shape index (κ3) is 6.35. The lowest BCUT2D eigenvalue weighted by molar-refractivity contribution is -0.0315. The van der Waals surface area contributed by atoms with E-state index in [1.165, 1.54) is 11.1 Å². The number of benzene rings is 3. The van der Waals surface area contributed by atoms with Crippen LogP contribution < -0.4 is 4.74 Å². The fourth-order valence-corrected chi connectivity index (χ4v) is 7.54. The van der Waals surface area contributed by atoms with Crippen molar-refractivity contribution >= 4 is 28.0 Å². The summed E-state index contributed by atoms with van der Waals surface area (Å²) < 4.78 is 5.26. The first-order valence-electron chi connectivity index (χ1n) is 14.9. The average Bonchev–Trinajstić information content (AvgIpc) is 3.69. The Balaban J connectivity index is 1.07. The number of piperidine rings is 1. The predicted octanol–water partition coefficient (Wildman–Crippen LogP) is 6.62. The van der Waals surface area contributed by atoms with Gasteiger partial charge in [-0.05, 0) is 94.9 Å². The second-order valence-electron chi connectivity index (χ2n) is 11.9. The molecule has 0 radical (unpaired) electrons. The molecule has 1 N–H and O–H groups in total. The SMILES string of the molecule is COc1ccc(CCCC2(O)CCN(CC3CN(C(=O)c4cccc5ccccc45)CC3c3ccsc3)CC2)cc1. The lowest BCUT2D eigenvalue weighted by atomic mass is 9.84. The first-order chi connectivity index (χ1) is 20.0. The Hall–Kier alpha value is -3.19. The zero-order valence-electron chi connectivity index (χ0n) is 23.9. The highest BCUT2D eigenvalue weighted by Gasteiger charge is 2.39. The molecule has 0 saturated carbocycles. The van der Waals surface area contributed by atoms with E-state index in [4.69, 9.17) is 4.74 Å². The summed E-state index contributed by atoms with van der Waals surface area (Å²) in [5.41, 5.74) is 2.85. The van der Waals surface area contributed by atoms with E-state index >= 15 is 0 Å². The zero-order chi connectivity index (χ0) is 28.2. The minimum Gasteiger partial charge on any atom is -0.497 e. The maximum absolute atomic E-state index is 13.8. The van der Waals surface area contributed by atoms with Crippen LogP contribution in [-0.4, -0.2) is 66.2 Å². The van der Waals surface area contributed by atoms with Crippen LogP contribution in [0.4, 0.5) is 0 Å². The number of aryl methyl sites for hydroxylation is 1. The van der Waals surface area contributed by atoms with Gasteiger partial charge in [0.1, 0.15) is 5.75 Å². The molecule has 2 unspecified atom stereocenters. The molecule has 2 saturated heterocycles. The van der Waals surface area contributed by atoms with Crippen LogP contribution in [-0.2, 0) is 6.42 Å². The number of likely N-dealkylation sites (tertiary alicyclic amines) is 2. The van der Waals surface area contributed by atoms with Crippen molar-refractivity contribution in [3.05, 3.63) is 100 Å². The van der Waals surface area contributed by atoms with Crippen molar-refractivity contribution in [2.45, 2.75) is 43.6 Å². The molecule has 3 aromatic carbocycles. The molecule has 6 heteroatoms. The van der Waals surface area contributed by atoms with E-state index < -0.39 is 5.60 Å². The largest absolute Gasteiger partial charge is 0.497 e. The molecule has 3 heterocycles. The maximum Gasteiger partial charge on any atom is 0.254 e. The van der Waals surface area contributed by atoms with Crippen LogP contribution in [0.5, 0.6) is 5.75 Å². The monoisotopic (exact) mass is 568 g/mol. The first kappa shape index (κ1) is 28.0. The van der Waals surface area contributed by atoms with Crippen molar-refractivity contribution in [2.75, 3.05) is 39.8 Å². The number of carbonyl (C=O) groups excluding carboxylic acids is 1. The van der Waals surface area contributed by atoms with Gasteiger partial charge in [-0.1, -0.05) is 48.5 Å². The highest BCUT2D eigenvalue weighted by molar-refractivity contribution is 7.08. The summed E-state index contributed by atoms with van der Waals surface area (Å²) in [7, 11) is 1.69. The maximum atomic E-state index is 13.8. The van der Waals surface area contributed by atoms with E-state index in [1.54, 1.807) is 18.4 Å². The van der Waals surface area contributed by atoms with E-state index in [1.807, 2.05) is 36.4 Å². The average molecular weight is 569 g/mol. The molecule has 2 aliphatic heterocycles. The Bertz CT molecular complexity index is 1440. The van der Waals surface area contributed by atoms with Gasteiger partial charge in [0, 0.05) is 44.2 Å². The highest BCUT2D eigenvalue weighted by Crippen LogP contribution is 2.37. The minimum atomic E-state index is -0.582. The molecule has 41 heavy (non-hydrogen) atoms. The normalized spacial score (nSPS) is 20.9. The van der Waals surface area contributed by atoms with Gasteiger partial charge in [-0.15, -0.1) is 0 Å². The van der Waals surface area contributed by atoms with Crippen molar-refractivity contribution < 1.29 is 14.6 Å². The molecule has 1 aromatic heterocycles. The third-order valence-corrected chi connectivity index (χ3v) is 9.97. The number of methoxy groups -OCH3 is 1. The second-order valence-corrected chi connectivity index (χ2v) is 12.7. The molecular formula is C35H40N2O3S. The van der Waals surface area contributed by atoms with Gasteiger partial charge in [0.15, 0.2) is 0 Å². The summed E-state index contributed by atoms with van der Waals surface area (Å²) in [6, 6.07) is 24.7. The number of carbonyl (C=O) groups is 1. The Morgan fingerprint density at radius 2 is 1.78 bits per heavy atom. The predicted molar refractivity (Wildman–Crippen MR) is 167 cm³/mol. The minimum absolute atomic E-state index is 0.134. The Morgan fingerprint density at radius 1 is 1.00 bits per heavy atom. The van der Waals surface area contributed by atoms with Gasteiger partial charge in [0.05, 0.1) is 12.7 Å². The number of thiophene rings is 1. The van der Waals surface area contributed by atoms with E-state index in [2.05, 4.69) is 57.0 Å². The molecule has 2 atom stereocenters. The molecule has 214 valence electrons. The van der Waals surface area contributed by atoms with Crippen LogP contribution in [0.15, 0.2) is 83.6 Å². The molecule has 2 aliphatic rings. The van der Waals surface area contributed by atoms with Gasteiger partial charge in [0.2, 0.25) is 0 Å². The summed E-state index contributed by atoms with van der Waals surface area (Å²) in [5, 5.41) is 17.9. The van der Waals surface area contributed by atoms with Crippen LogP contribution >= 0.6 is 11.3 Å². The van der Waals surface area contributed by atoms with E-state index in [-0.39, 0.29) is 5.91 Å². The van der Waals surface area contributed by atoms with Crippen LogP contribution in [0.2, 0.25) is 0 Å². The zero-order valence-corrected chi connectivity index (χ0v) is 24.7. The topological polar surface area (TPSA) is 53.0 Å². The van der Waals surface area contributed by atoms with Gasteiger partial charge in [-0.3, -0.25) is 4.79 Å². The van der Waals surface area contributed by atoms with Crippen LogP contribution in [0.25, 0.3) is 10.8 Å². The van der Waals surface area contributed by atoms with Crippen molar-refractivity contribution in [1.29, 1.82) is 0 Å². The fraction of sp³-hybridized carbons (Fsp3) is 0.400. The van der Waals surface area contributed by atoms with E-state index in [0.717, 1.165) is 86.9 Å². The first-order valence-corrected chi connectivity index (χ1v) is 15.8. The number of nitrogens with zero attached hydrogens (tertiary/aromatic N) is 2. The summed E-state index contributed by atoms with van der Waals surface area (Å²) in [6.45, 7) is 4.30. The highest BCUT2D eigenvalue weighted by atomic mass is 32.1. The molecule has 5 nitrogen and oxygen atoms in total. The molecule has 0 aliphatic carbocycles. The van der Waals surface area contributed by atoms with Crippen molar-refractivity contribution in [2.24, 2.45) is 5.92 Å². The number of amides is 1. The number of aliphatic hydroxyl groups is 1. The Morgan fingerprint density at radius 3 is 2.54 bits per heavy atom. The summed E-state index contributed by atoms with van der Waals surface area (Å²) >= 11 is 1.73. The van der Waals surface area contributed by atoms with Crippen LogP contribution in [0.3, 0.4) is 0 Å². The van der Waals surface area contributed by atoms with Crippen LogP contribution in [0, 0.1) is 5.92 Å². The van der Waals surface area contributed by atoms with Crippen molar-refractivity contribution in [3.8, 4) is 5.75 Å². The lowest BCUT2D eigenvalue weighted by Crippen LogP contribution is -2.46. The number of fused-ring (bicyclic) bond motifs is 1. The van der Waals surface area contributed by atoms with Gasteiger partial charge in [-0.25, -0.2) is 0 Å². The number of ether oxygens (including phenoxy) is 1. The van der Waals surface area contributed by atoms with Crippen molar-refractivity contribution in [1.82, 2.24) is 9.80 Å². The summed E-state index contributed by atoms with van der Waals surface area (Å²) in [5.74, 6) is 1.73. The molecular weight excluding hydrogens is 528 g/mol. The molecule has 6 rings (SSSR count).